The fourth-order valence-corrected chi connectivity index (χ4v) is 4.65. The smallest absolute Gasteiger partial charge is 0.342 e. The van der Waals surface area contributed by atoms with Gasteiger partial charge >= 0.3 is 6.03 Å². The number of carbonyl (C=O) groups excluding carboxylic acids is 2. The molecule has 2 amide bonds. The molecule has 9 heteroatoms. The molecule has 2 aliphatic rings. The third-order valence-electron chi connectivity index (χ3n) is 6.79. The van der Waals surface area contributed by atoms with Gasteiger partial charge < -0.3 is 15.0 Å². The van der Waals surface area contributed by atoms with Crippen molar-refractivity contribution in [1.82, 2.24) is 20.1 Å². The maximum atomic E-state index is 13.9. The molecule has 37 heavy (non-hydrogen) atoms. The molecule has 0 aliphatic carbocycles. The monoisotopic (exact) mass is 501 g/mol. The molecule has 2 aromatic heterocycles. The van der Waals surface area contributed by atoms with Gasteiger partial charge in [-0.3, -0.25) is 4.79 Å². The second-order valence-electron chi connectivity index (χ2n) is 9.36. The Balaban J connectivity index is 1.25. The first-order valence-electron chi connectivity index (χ1n) is 12.4. The molecule has 1 saturated heterocycles. The second kappa shape index (κ2) is 10.9. The molecule has 1 aromatic carbocycles. The molecule has 5 rings (SSSR count). The molecule has 0 radical (unpaired) electrons. The SMILES string of the molecule is CN1C(=O)C(NC(=O)n2cc(Cc3cccnc3F)cn2)CCc2ccc(C#CC3CCOCC3)cc21. The van der Waals surface area contributed by atoms with Gasteiger partial charge in [0, 0.05) is 61.8 Å². The number of aromatic nitrogens is 3. The van der Waals surface area contributed by atoms with Crippen molar-refractivity contribution in [2.45, 2.75) is 38.1 Å². The fourth-order valence-electron chi connectivity index (χ4n) is 4.65. The Bertz CT molecular complexity index is 1370. The number of aryl methyl sites for hydroxylation is 1. The normalized spacial score (nSPS) is 17.9. The molecule has 0 bridgehead atoms. The highest BCUT2D eigenvalue weighted by atomic mass is 19.1. The highest BCUT2D eigenvalue weighted by molar-refractivity contribution is 6.00. The highest BCUT2D eigenvalue weighted by Crippen LogP contribution is 2.27. The molecule has 2 aliphatic heterocycles. The number of nitrogens with zero attached hydrogens (tertiary/aromatic N) is 4. The van der Waals surface area contributed by atoms with Crippen LogP contribution in [0.3, 0.4) is 0 Å². The predicted octanol–water partition coefficient (Wildman–Crippen LogP) is 3.32. The summed E-state index contributed by atoms with van der Waals surface area (Å²) in [5, 5.41) is 6.90. The van der Waals surface area contributed by atoms with Gasteiger partial charge in [-0.05, 0) is 55.0 Å². The van der Waals surface area contributed by atoms with Crippen molar-refractivity contribution in [2.75, 3.05) is 25.2 Å². The first-order valence-corrected chi connectivity index (χ1v) is 12.4. The number of ether oxygens (including phenoxy) is 1. The number of nitrogens with one attached hydrogen (secondary N) is 1. The Morgan fingerprint density at radius 3 is 2.89 bits per heavy atom. The lowest BCUT2D eigenvalue weighted by Gasteiger charge is -2.22. The summed E-state index contributed by atoms with van der Waals surface area (Å²) in [5.41, 5.74) is 3.77. The molecule has 1 fully saturated rings. The fraction of sp³-hybridized carbons (Fsp3) is 0.357. The number of fused-ring (bicyclic) bond motifs is 1. The third kappa shape index (κ3) is 5.70. The van der Waals surface area contributed by atoms with Gasteiger partial charge in [-0.15, -0.1) is 0 Å². The zero-order chi connectivity index (χ0) is 25.8. The first kappa shape index (κ1) is 24.7. The molecule has 0 spiro atoms. The number of carbonyl (C=O) groups is 2. The maximum absolute atomic E-state index is 13.9. The van der Waals surface area contributed by atoms with Crippen LogP contribution in [-0.4, -0.2) is 53.0 Å². The van der Waals surface area contributed by atoms with E-state index in [9.17, 15) is 14.0 Å². The average Bonchev–Trinajstić information content (AvgIpc) is 3.36. The van der Waals surface area contributed by atoms with Crippen LogP contribution in [0.4, 0.5) is 14.9 Å². The summed E-state index contributed by atoms with van der Waals surface area (Å²) in [4.78, 5) is 31.4. The summed E-state index contributed by atoms with van der Waals surface area (Å²) in [6, 6.07) is 8.01. The van der Waals surface area contributed by atoms with Crippen molar-refractivity contribution in [3.05, 3.63) is 77.1 Å². The highest BCUT2D eigenvalue weighted by Gasteiger charge is 2.30. The summed E-state index contributed by atoms with van der Waals surface area (Å²) in [5.74, 6) is 6.17. The number of likely N-dealkylation sites (N-methyl/N-ethyl adjacent to an activating group) is 1. The van der Waals surface area contributed by atoms with Gasteiger partial charge in [0.15, 0.2) is 0 Å². The van der Waals surface area contributed by atoms with Crippen LogP contribution in [0.1, 0.15) is 41.5 Å². The van der Waals surface area contributed by atoms with E-state index in [2.05, 4.69) is 27.2 Å². The number of hydrogen-bond donors (Lipinski definition) is 1. The minimum Gasteiger partial charge on any atom is -0.381 e. The summed E-state index contributed by atoms with van der Waals surface area (Å²) in [7, 11) is 1.72. The Morgan fingerprint density at radius 1 is 1.24 bits per heavy atom. The average molecular weight is 502 g/mol. The summed E-state index contributed by atoms with van der Waals surface area (Å²) in [6.45, 7) is 1.49. The number of anilines is 1. The van der Waals surface area contributed by atoms with Crippen LogP contribution in [0.15, 0.2) is 48.9 Å². The van der Waals surface area contributed by atoms with Gasteiger partial charge in [0.1, 0.15) is 6.04 Å². The number of rotatable bonds is 3. The van der Waals surface area contributed by atoms with Crippen LogP contribution >= 0.6 is 0 Å². The minimum absolute atomic E-state index is 0.202. The second-order valence-corrected chi connectivity index (χ2v) is 9.36. The van der Waals surface area contributed by atoms with E-state index in [1.165, 1.54) is 18.6 Å². The molecule has 0 saturated carbocycles. The Hall–Kier alpha value is -4.03. The van der Waals surface area contributed by atoms with Gasteiger partial charge in [0.05, 0.1) is 6.20 Å². The zero-order valence-corrected chi connectivity index (χ0v) is 20.6. The van der Waals surface area contributed by atoms with Gasteiger partial charge in [-0.2, -0.15) is 14.2 Å². The van der Waals surface area contributed by atoms with Crippen LogP contribution in [-0.2, 0) is 22.4 Å². The van der Waals surface area contributed by atoms with Gasteiger partial charge in [0.2, 0.25) is 11.9 Å². The summed E-state index contributed by atoms with van der Waals surface area (Å²) in [6.07, 6.45) is 7.66. The molecule has 190 valence electrons. The maximum Gasteiger partial charge on any atom is 0.342 e. The zero-order valence-electron chi connectivity index (χ0n) is 20.6. The lowest BCUT2D eigenvalue weighted by atomic mass is 10.00. The first-order chi connectivity index (χ1) is 18.0. The summed E-state index contributed by atoms with van der Waals surface area (Å²) < 4.78 is 20.4. The van der Waals surface area contributed by atoms with E-state index in [1.807, 2.05) is 18.2 Å². The van der Waals surface area contributed by atoms with E-state index in [0.717, 1.165) is 47.6 Å². The van der Waals surface area contributed by atoms with Crippen molar-refractivity contribution >= 4 is 17.6 Å². The number of halogens is 1. The van der Waals surface area contributed by atoms with Crippen LogP contribution in [0, 0.1) is 23.7 Å². The lowest BCUT2D eigenvalue weighted by Crippen LogP contribution is -2.48. The predicted molar refractivity (Wildman–Crippen MR) is 136 cm³/mol. The van der Waals surface area contributed by atoms with Crippen LogP contribution < -0.4 is 10.2 Å². The molecule has 1 N–H and O–H groups in total. The van der Waals surface area contributed by atoms with Crippen LogP contribution in [0.2, 0.25) is 0 Å². The van der Waals surface area contributed by atoms with Crippen molar-refractivity contribution in [1.29, 1.82) is 0 Å². The van der Waals surface area contributed by atoms with Crippen molar-refractivity contribution in [3.8, 4) is 11.8 Å². The van der Waals surface area contributed by atoms with Gasteiger partial charge in [-0.25, -0.2) is 9.78 Å². The lowest BCUT2D eigenvalue weighted by molar-refractivity contribution is -0.120. The van der Waals surface area contributed by atoms with Crippen LogP contribution in [0.5, 0.6) is 0 Å². The van der Waals surface area contributed by atoms with Crippen molar-refractivity contribution in [2.24, 2.45) is 5.92 Å². The van der Waals surface area contributed by atoms with E-state index < -0.39 is 18.0 Å². The van der Waals surface area contributed by atoms with E-state index in [-0.39, 0.29) is 12.3 Å². The molecule has 8 nitrogen and oxygen atoms in total. The topological polar surface area (TPSA) is 89.4 Å². The number of benzene rings is 1. The number of amides is 2. The quantitative estimate of drug-likeness (QED) is 0.439. The van der Waals surface area contributed by atoms with E-state index in [0.29, 0.717) is 29.9 Å². The molecule has 4 heterocycles. The molecule has 1 unspecified atom stereocenters. The minimum atomic E-state index is -0.704. The van der Waals surface area contributed by atoms with Gasteiger partial charge in [0.25, 0.3) is 0 Å². The van der Waals surface area contributed by atoms with E-state index in [4.69, 9.17) is 4.74 Å². The largest absolute Gasteiger partial charge is 0.381 e. The Labute approximate surface area is 214 Å². The third-order valence-corrected chi connectivity index (χ3v) is 6.79. The summed E-state index contributed by atoms with van der Waals surface area (Å²) >= 11 is 0. The van der Waals surface area contributed by atoms with Gasteiger partial charge in [-0.1, -0.05) is 24.0 Å². The van der Waals surface area contributed by atoms with E-state index >= 15 is 0 Å². The number of pyridine rings is 1. The van der Waals surface area contributed by atoms with Crippen molar-refractivity contribution < 1.29 is 18.7 Å². The molecular weight excluding hydrogens is 473 g/mol. The Kier molecular flexibility index (Phi) is 7.28. The number of hydrogen-bond acceptors (Lipinski definition) is 5. The van der Waals surface area contributed by atoms with Crippen LogP contribution in [0.25, 0.3) is 0 Å². The van der Waals surface area contributed by atoms with Crippen molar-refractivity contribution in [3.63, 3.8) is 0 Å². The Morgan fingerprint density at radius 2 is 2.08 bits per heavy atom. The molecule has 3 aromatic rings. The molecule has 1 atom stereocenters. The standard InChI is InChI=1S/C28H28FN5O3/c1-33-25-16-20(5-4-19-10-13-37-14-11-19)6-7-22(25)8-9-24(27(33)35)32-28(36)34-18-21(17-31-34)15-23-3-2-12-30-26(23)29/h2-3,6-7,12,16-19,24H,8-11,13-15H2,1H3,(H,32,36). The molecular formula is C28H28FN5O3. The van der Waals surface area contributed by atoms with E-state index in [1.54, 1.807) is 24.1 Å².